The number of oxazole rings is 1. The van der Waals surface area contributed by atoms with Crippen LogP contribution in [0.2, 0.25) is 0 Å². The van der Waals surface area contributed by atoms with E-state index in [1.54, 1.807) is 0 Å². The Morgan fingerprint density at radius 1 is 0.969 bits per heavy atom. The van der Waals surface area contributed by atoms with Crippen LogP contribution in [0.15, 0.2) is 76.5 Å². The van der Waals surface area contributed by atoms with Crippen molar-refractivity contribution in [1.82, 2.24) is 24.6 Å². The van der Waals surface area contributed by atoms with Gasteiger partial charge in [0.1, 0.15) is 12.1 Å². The van der Waals surface area contributed by atoms with Gasteiger partial charge in [0, 0.05) is 25.2 Å². The predicted molar refractivity (Wildman–Crippen MR) is 122 cm³/mol. The van der Waals surface area contributed by atoms with Crippen LogP contribution in [0, 0.1) is 0 Å². The number of nitrogens with zero attached hydrogens (tertiary/aromatic N) is 5. The SMILES string of the molecule is O=C(c1coc(CSc2nnc(Cc3ccccc3)n2-c2ccccc2)n1)N1CCCC1. The van der Waals surface area contributed by atoms with Crippen molar-refractivity contribution in [2.75, 3.05) is 13.1 Å². The van der Waals surface area contributed by atoms with Crippen LogP contribution < -0.4 is 0 Å². The van der Waals surface area contributed by atoms with E-state index in [4.69, 9.17) is 4.42 Å². The highest BCUT2D eigenvalue weighted by Gasteiger charge is 2.23. The molecule has 3 heterocycles. The summed E-state index contributed by atoms with van der Waals surface area (Å²) in [5.74, 6) is 1.77. The van der Waals surface area contributed by atoms with Crippen molar-refractivity contribution >= 4 is 17.7 Å². The molecule has 0 spiro atoms. The van der Waals surface area contributed by atoms with Crippen molar-refractivity contribution in [3.05, 3.63) is 89.9 Å². The van der Waals surface area contributed by atoms with Crippen LogP contribution in [0.1, 0.15) is 40.6 Å². The van der Waals surface area contributed by atoms with Gasteiger partial charge in [0.15, 0.2) is 10.9 Å². The lowest BCUT2D eigenvalue weighted by atomic mass is 10.1. The Kier molecular flexibility index (Phi) is 6.02. The molecule has 1 saturated heterocycles. The number of thioether (sulfide) groups is 1. The summed E-state index contributed by atoms with van der Waals surface area (Å²) in [6.45, 7) is 1.58. The molecule has 2 aromatic carbocycles. The number of para-hydroxylation sites is 1. The zero-order valence-electron chi connectivity index (χ0n) is 17.6. The topological polar surface area (TPSA) is 77.0 Å². The molecule has 0 N–H and O–H groups in total. The van der Waals surface area contributed by atoms with E-state index in [0.29, 0.717) is 23.8 Å². The highest BCUT2D eigenvalue weighted by Crippen LogP contribution is 2.26. The first-order valence-corrected chi connectivity index (χ1v) is 11.7. The molecule has 4 aromatic rings. The van der Waals surface area contributed by atoms with E-state index in [0.717, 1.165) is 42.6 Å². The monoisotopic (exact) mass is 445 g/mol. The summed E-state index contributed by atoms with van der Waals surface area (Å²) in [6, 6.07) is 20.3. The normalized spacial score (nSPS) is 13.6. The van der Waals surface area contributed by atoms with Gasteiger partial charge in [-0.3, -0.25) is 9.36 Å². The molecule has 0 radical (unpaired) electrons. The Morgan fingerprint density at radius 2 is 1.69 bits per heavy atom. The molecule has 1 aliphatic rings. The summed E-state index contributed by atoms with van der Waals surface area (Å²) >= 11 is 1.49. The van der Waals surface area contributed by atoms with Crippen molar-refractivity contribution in [2.45, 2.75) is 30.2 Å². The highest BCUT2D eigenvalue weighted by atomic mass is 32.2. The molecule has 162 valence electrons. The molecule has 1 amide bonds. The van der Waals surface area contributed by atoms with Gasteiger partial charge in [0.25, 0.3) is 5.91 Å². The van der Waals surface area contributed by atoms with Gasteiger partial charge < -0.3 is 9.32 Å². The third-order valence-electron chi connectivity index (χ3n) is 5.41. The summed E-state index contributed by atoms with van der Waals surface area (Å²) in [6.07, 6.45) is 4.23. The van der Waals surface area contributed by atoms with E-state index in [-0.39, 0.29) is 5.91 Å². The van der Waals surface area contributed by atoms with Crippen LogP contribution in [0.4, 0.5) is 0 Å². The second-order valence-electron chi connectivity index (χ2n) is 7.65. The van der Waals surface area contributed by atoms with E-state index in [1.807, 2.05) is 53.4 Å². The molecule has 0 aliphatic carbocycles. The second-order valence-corrected chi connectivity index (χ2v) is 8.59. The number of hydrogen-bond acceptors (Lipinski definition) is 6. The minimum atomic E-state index is -0.0555. The lowest BCUT2D eigenvalue weighted by Crippen LogP contribution is -2.27. The standard InChI is InChI=1S/C24H23N5O2S/c30-23(28-13-7-8-14-28)20-16-31-22(25-20)17-32-24-27-26-21(15-18-9-3-1-4-10-18)29(24)19-11-5-2-6-12-19/h1-6,9-12,16H,7-8,13-15,17H2. The largest absolute Gasteiger partial charge is 0.447 e. The van der Waals surface area contributed by atoms with E-state index in [2.05, 4.69) is 31.9 Å². The maximum atomic E-state index is 12.5. The molecule has 0 bridgehead atoms. The Labute approximate surface area is 190 Å². The minimum absolute atomic E-state index is 0.0555. The third-order valence-corrected chi connectivity index (χ3v) is 6.32. The van der Waals surface area contributed by atoms with Crippen LogP contribution in [-0.2, 0) is 12.2 Å². The summed E-state index contributed by atoms with van der Waals surface area (Å²) in [4.78, 5) is 18.8. The fourth-order valence-corrected chi connectivity index (χ4v) is 4.63. The highest BCUT2D eigenvalue weighted by molar-refractivity contribution is 7.98. The number of hydrogen-bond donors (Lipinski definition) is 0. The smallest absolute Gasteiger partial charge is 0.275 e. The molecule has 7 nitrogen and oxygen atoms in total. The third kappa shape index (κ3) is 4.45. The quantitative estimate of drug-likeness (QED) is 0.393. The average molecular weight is 446 g/mol. The lowest BCUT2D eigenvalue weighted by Gasteiger charge is -2.12. The minimum Gasteiger partial charge on any atom is -0.447 e. The number of aromatic nitrogens is 4. The summed E-state index contributed by atoms with van der Waals surface area (Å²) in [7, 11) is 0. The Bertz CT molecular complexity index is 1180. The molecule has 1 aliphatic heterocycles. The first-order chi connectivity index (χ1) is 15.8. The van der Waals surface area contributed by atoms with Crippen molar-refractivity contribution in [1.29, 1.82) is 0 Å². The predicted octanol–water partition coefficient (Wildman–Crippen LogP) is 4.37. The van der Waals surface area contributed by atoms with Gasteiger partial charge in [-0.05, 0) is 30.5 Å². The number of carbonyl (C=O) groups excluding carboxylic acids is 1. The van der Waals surface area contributed by atoms with E-state index in [9.17, 15) is 4.79 Å². The van der Waals surface area contributed by atoms with E-state index < -0.39 is 0 Å². The van der Waals surface area contributed by atoms with Crippen LogP contribution in [0.3, 0.4) is 0 Å². The summed E-state index contributed by atoms with van der Waals surface area (Å²) in [5, 5.41) is 9.66. The Balaban J connectivity index is 1.35. The van der Waals surface area contributed by atoms with Gasteiger partial charge >= 0.3 is 0 Å². The molecule has 0 saturated carbocycles. The average Bonchev–Trinajstić information content (AvgIpc) is 3.60. The molecular formula is C24H23N5O2S. The van der Waals surface area contributed by atoms with Crippen LogP contribution in [-0.4, -0.2) is 43.6 Å². The van der Waals surface area contributed by atoms with Crippen LogP contribution >= 0.6 is 11.8 Å². The second kappa shape index (κ2) is 9.40. The fraction of sp³-hybridized carbons (Fsp3) is 0.250. The number of carbonyl (C=O) groups is 1. The van der Waals surface area contributed by atoms with Crippen molar-refractivity contribution < 1.29 is 9.21 Å². The molecule has 0 unspecified atom stereocenters. The van der Waals surface area contributed by atoms with Crippen molar-refractivity contribution in [3.8, 4) is 5.69 Å². The maximum Gasteiger partial charge on any atom is 0.275 e. The van der Waals surface area contributed by atoms with Crippen molar-refractivity contribution in [3.63, 3.8) is 0 Å². The van der Waals surface area contributed by atoms with Gasteiger partial charge in [0.2, 0.25) is 5.89 Å². The van der Waals surface area contributed by atoms with Crippen LogP contribution in [0.5, 0.6) is 0 Å². The molecular weight excluding hydrogens is 422 g/mol. The number of likely N-dealkylation sites (tertiary alicyclic amines) is 1. The number of benzene rings is 2. The van der Waals surface area contributed by atoms with E-state index >= 15 is 0 Å². The van der Waals surface area contributed by atoms with Gasteiger partial charge in [-0.2, -0.15) is 0 Å². The lowest BCUT2D eigenvalue weighted by molar-refractivity contribution is 0.0787. The zero-order valence-corrected chi connectivity index (χ0v) is 18.4. The fourth-order valence-electron chi connectivity index (χ4n) is 3.81. The summed E-state index contributed by atoms with van der Waals surface area (Å²) in [5.41, 5.74) is 2.55. The summed E-state index contributed by atoms with van der Waals surface area (Å²) < 4.78 is 7.64. The maximum absolute atomic E-state index is 12.5. The van der Waals surface area contributed by atoms with Gasteiger partial charge in [-0.1, -0.05) is 60.3 Å². The van der Waals surface area contributed by atoms with Crippen molar-refractivity contribution in [2.24, 2.45) is 0 Å². The first-order valence-electron chi connectivity index (χ1n) is 10.7. The Morgan fingerprint density at radius 3 is 2.44 bits per heavy atom. The molecule has 1 fully saturated rings. The Hall–Kier alpha value is -3.39. The van der Waals surface area contributed by atoms with E-state index in [1.165, 1.54) is 23.6 Å². The molecule has 8 heteroatoms. The molecule has 5 rings (SSSR count). The van der Waals surface area contributed by atoms with Crippen LogP contribution in [0.25, 0.3) is 5.69 Å². The number of rotatable bonds is 7. The first kappa shape index (κ1) is 20.5. The molecule has 32 heavy (non-hydrogen) atoms. The molecule has 0 atom stereocenters. The number of amides is 1. The molecule has 2 aromatic heterocycles. The van der Waals surface area contributed by atoms with Gasteiger partial charge in [-0.25, -0.2) is 4.98 Å². The van der Waals surface area contributed by atoms with Gasteiger partial charge in [-0.15, -0.1) is 10.2 Å². The van der Waals surface area contributed by atoms with Gasteiger partial charge in [0.05, 0.1) is 5.75 Å². The zero-order chi connectivity index (χ0) is 21.8.